The number of benzene rings is 1. The van der Waals surface area contributed by atoms with Crippen LogP contribution in [0.5, 0.6) is 0 Å². The number of amides is 1. The van der Waals surface area contributed by atoms with E-state index in [1.165, 1.54) is 11.8 Å². The van der Waals surface area contributed by atoms with E-state index in [-0.39, 0.29) is 11.7 Å². The fourth-order valence-corrected chi connectivity index (χ4v) is 2.65. The van der Waals surface area contributed by atoms with Crippen LogP contribution in [0.3, 0.4) is 0 Å². The molecule has 6 heteroatoms. The van der Waals surface area contributed by atoms with Crippen molar-refractivity contribution in [1.29, 1.82) is 5.26 Å². The summed E-state index contributed by atoms with van der Waals surface area (Å²) in [6.45, 7) is 5.65. The number of nitriles is 1. The second kappa shape index (κ2) is 7.05. The Morgan fingerprint density at radius 1 is 1.23 bits per heavy atom. The third kappa shape index (κ3) is 4.30. The van der Waals surface area contributed by atoms with Gasteiger partial charge in [0.05, 0.1) is 17.4 Å². The fraction of sp³-hybridized carbons (Fsp3) is 0.250. The second-order valence-corrected chi connectivity index (χ2v) is 5.85. The van der Waals surface area contributed by atoms with Gasteiger partial charge in [-0.3, -0.25) is 4.79 Å². The Bertz CT molecular complexity index is 732. The largest absolute Gasteiger partial charge is 0.325 e. The van der Waals surface area contributed by atoms with Crippen molar-refractivity contribution in [2.45, 2.75) is 25.9 Å². The molecule has 0 aliphatic rings. The van der Waals surface area contributed by atoms with E-state index in [9.17, 15) is 4.79 Å². The predicted octanol–water partition coefficient (Wildman–Crippen LogP) is 3.00. The van der Waals surface area contributed by atoms with E-state index in [1.54, 1.807) is 12.1 Å². The van der Waals surface area contributed by atoms with E-state index in [2.05, 4.69) is 21.4 Å². The molecule has 0 aliphatic heterocycles. The van der Waals surface area contributed by atoms with Gasteiger partial charge in [-0.2, -0.15) is 5.26 Å². The van der Waals surface area contributed by atoms with E-state index in [1.807, 2.05) is 32.9 Å². The molecule has 1 aromatic carbocycles. The molecule has 2 rings (SSSR count). The molecule has 2 aromatic rings. The lowest BCUT2D eigenvalue weighted by atomic mass is 10.1. The third-order valence-corrected chi connectivity index (χ3v) is 3.78. The van der Waals surface area contributed by atoms with Crippen molar-refractivity contribution in [3.8, 4) is 6.07 Å². The van der Waals surface area contributed by atoms with Crippen LogP contribution >= 0.6 is 11.8 Å². The number of nitrogens with zero attached hydrogens (tertiary/aromatic N) is 3. The highest BCUT2D eigenvalue weighted by atomic mass is 32.2. The zero-order valence-electron chi connectivity index (χ0n) is 12.7. The number of hydrogen-bond acceptors (Lipinski definition) is 5. The van der Waals surface area contributed by atoms with Crippen LogP contribution in [0.15, 0.2) is 29.4 Å². The molecular formula is C16H16N4OS. The number of rotatable bonds is 4. The molecule has 1 amide bonds. The van der Waals surface area contributed by atoms with Crippen LogP contribution in [0.25, 0.3) is 0 Å². The summed E-state index contributed by atoms with van der Waals surface area (Å²) < 4.78 is 0. The minimum atomic E-state index is -0.152. The first-order valence-corrected chi connectivity index (χ1v) is 7.72. The van der Waals surface area contributed by atoms with Crippen molar-refractivity contribution in [2.24, 2.45) is 0 Å². The Labute approximate surface area is 133 Å². The van der Waals surface area contributed by atoms with Crippen molar-refractivity contribution >= 4 is 23.4 Å². The van der Waals surface area contributed by atoms with Crippen LogP contribution in [0, 0.1) is 32.1 Å². The zero-order chi connectivity index (χ0) is 16.1. The molecule has 0 atom stereocenters. The van der Waals surface area contributed by atoms with Gasteiger partial charge in [-0.1, -0.05) is 17.8 Å². The van der Waals surface area contributed by atoms with E-state index in [4.69, 9.17) is 5.26 Å². The molecule has 112 valence electrons. The highest BCUT2D eigenvalue weighted by molar-refractivity contribution is 7.99. The van der Waals surface area contributed by atoms with Gasteiger partial charge in [0, 0.05) is 17.1 Å². The molecule has 0 saturated carbocycles. The van der Waals surface area contributed by atoms with Crippen LogP contribution in [-0.2, 0) is 4.79 Å². The van der Waals surface area contributed by atoms with Gasteiger partial charge in [0.1, 0.15) is 0 Å². The molecule has 0 radical (unpaired) electrons. The highest BCUT2D eigenvalue weighted by Gasteiger charge is 2.07. The summed E-state index contributed by atoms with van der Waals surface area (Å²) in [5, 5.41) is 12.4. The predicted molar refractivity (Wildman–Crippen MR) is 86.8 cm³/mol. The molecule has 0 unspecified atom stereocenters. The van der Waals surface area contributed by atoms with Gasteiger partial charge in [-0.15, -0.1) is 0 Å². The summed E-state index contributed by atoms with van der Waals surface area (Å²) >= 11 is 1.29. The number of aryl methyl sites for hydroxylation is 3. The smallest absolute Gasteiger partial charge is 0.234 e. The molecule has 0 spiro atoms. The van der Waals surface area contributed by atoms with Crippen molar-refractivity contribution in [3.63, 3.8) is 0 Å². The molecule has 22 heavy (non-hydrogen) atoms. The minimum absolute atomic E-state index is 0.152. The molecule has 0 bridgehead atoms. The quantitative estimate of drug-likeness (QED) is 0.693. The number of aromatic nitrogens is 2. The van der Waals surface area contributed by atoms with Gasteiger partial charge in [0.2, 0.25) is 5.91 Å². The van der Waals surface area contributed by atoms with Gasteiger partial charge in [-0.25, -0.2) is 9.97 Å². The SMILES string of the molecule is Cc1cc(C)nc(SCC(=O)Nc2ccc(C)c(C#N)c2)n1. The first kappa shape index (κ1) is 16.0. The molecule has 1 N–H and O–H groups in total. The number of hydrogen-bond donors (Lipinski definition) is 1. The molecular weight excluding hydrogens is 296 g/mol. The Kier molecular flexibility index (Phi) is 5.12. The normalized spacial score (nSPS) is 10.1. The molecule has 1 heterocycles. The van der Waals surface area contributed by atoms with Crippen molar-refractivity contribution < 1.29 is 4.79 Å². The van der Waals surface area contributed by atoms with Gasteiger partial charge in [-0.05, 0) is 44.5 Å². The average Bonchev–Trinajstić information content (AvgIpc) is 2.46. The first-order chi connectivity index (χ1) is 10.5. The van der Waals surface area contributed by atoms with E-state index in [0.29, 0.717) is 16.4 Å². The molecule has 0 saturated heterocycles. The lowest BCUT2D eigenvalue weighted by Gasteiger charge is -2.07. The van der Waals surface area contributed by atoms with Gasteiger partial charge >= 0.3 is 0 Å². The minimum Gasteiger partial charge on any atom is -0.325 e. The maximum atomic E-state index is 12.0. The molecule has 1 aromatic heterocycles. The standard InChI is InChI=1S/C16H16N4OS/c1-10-4-5-14(7-13(10)8-17)20-15(21)9-22-16-18-11(2)6-12(3)19-16/h4-7H,9H2,1-3H3,(H,20,21). The number of carbonyl (C=O) groups excluding carboxylic acids is 1. The molecule has 0 aliphatic carbocycles. The summed E-state index contributed by atoms with van der Waals surface area (Å²) in [4.78, 5) is 20.5. The average molecular weight is 312 g/mol. The lowest BCUT2D eigenvalue weighted by molar-refractivity contribution is -0.113. The summed E-state index contributed by atoms with van der Waals surface area (Å²) in [6, 6.07) is 9.26. The maximum absolute atomic E-state index is 12.0. The summed E-state index contributed by atoms with van der Waals surface area (Å²) in [5.74, 6) is 0.0686. The van der Waals surface area contributed by atoms with Crippen LogP contribution in [-0.4, -0.2) is 21.6 Å². The van der Waals surface area contributed by atoms with Crippen LogP contribution in [0.2, 0.25) is 0 Å². The van der Waals surface area contributed by atoms with Crippen molar-refractivity contribution in [1.82, 2.24) is 9.97 Å². The number of carbonyl (C=O) groups is 1. The number of thioether (sulfide) groups is 1. The van der Waals surface area contributed by atoms with Crippen LogP contribution in [0.1, 0.15) is 22.5 Å². The Morgan fingerprint density at radius 2 is 1.91 bits per heavy atom. The Morgan fingerprint density at radius 3 is 2.55 bits per heavy atom. The monoisotopic (exact) mass is 312 g/mol. The van der Waals surface area contributed by atoms with Gasteiger partial charge in [0.25, 0.3) is 0 Å². The topological polar surface area (TPSA) is 78.7 Å². The fourth-order valence-electron chi connectivity index (χ4n) is 1.91. The summed E-state index contributed by atoms with van der Waals surface area (Å²) in [6.07, 6.45) is 0. The van der Waals surface area contributed by atoms with Gasteiger partial charge < -0.3 is 5.32 Å². The van der Waals surface area contributed by atoms with Crippen molar-refractivity contribution in [2.75, 3.05) is 11.1 Å². The highest BCUT2D eigenvalue weighted by Crippen LogP contribution is 2.17. The summed E-state index contributed by atoms with van der Waals surface area (Å²) in [7, 11) is 0. The van der Waals surface area contributed by atoms with Gasteiger partial charge in [0.15, 0.2) is 5.16 Å². The lowest BCUT2D eigenvalue weighted by Crippen LogP contribution is -2.14. The van der Waals surface area contributed by atoms with Crippen LogP contribution in [0.4, 0.5) is 5.69 Å². The zero-order valence-corrected chi connectivity index (χ0v) is 13.5. The third-order valence-electron chi connectivity index (χ3n) is 2.94. The Balaban J connectivity index is 1.97. The van der Waals surface area contributed by atoms with E-state index in [0.717, 1.165) is 17.0 Å². The van der Waals surface area contributed by atoms with Crippen LogP contribution < -0.4 is 5.32 Å². The second-order valence-electron chi connectivity index (χ2n) is 4.91. The molecule has 0 fully saturated rings. The number of nitrogens with one attached hydrogen (secondary N) is 1. The molecule has 5 nitrogen and oxygen atoms in total. The maximum Gasteiger partial charge on any atom is 0.234 e. The first-order valence-electron chi connectivity index (χ1n) is 6.73. The van der Waals surface area contributed by atoms with E-state index < -0.39 is 0 Å². The summed E-state index contributed by atoms with van der Waals surface area (Å²) in [5.41, 5.74) is 3.83. The Hall–Kier alpha value is -2.39. The van der Waals surface area contributed by atoms with Crippen molar-refractivity contribution in [3.05, 3.63) is 46.8 Å². The number of anilines is 1. The van der Waals surface area contributed by atoms with E-state index >= 15 is 0 Å².